The van der Waals surface area contributed by atoms with Gasteiger partial charge in [0, 0.05) is 49.0 Å². The third-order valence-corrected chi connectivity index (χ3v) is 8.44. The van der Waals surface area contributed by atoms with Crippen LogP contribution in [0, 0.1) is 11.8 Å². The summed E-state index contributed by atoms with van der Waals surface area (Å²) in [7, 11) is 0. The van der Waals surface area contributed by atoms with Crippen LogP contribution in [0.25, 0.3) is 22.6 Å². The fourth-order valence-corrected chi connectivity index (χ4v) is 6.71. The van der Waals surface area contributed by atoms with Crippen molar-refractivity contribution in [2.24, 2.45) is 17.6 Å². The number of hydrogen-bond donors (Lipinski definition) is 1. The molecule has 7 nitrogen and oxygen atoms in total. The zero-order chi connectivity index (χ0) is 24.4. The van der Waals surface area contributed by atoms with Crippen molar-refractivity contribution in [2.75, 3.05) is 13.1 Å². The maximum atomic E-state index is 13.4. The maximum Gasteiger partial charge on any atom is 0.266 e. The number of nitrogens with two attached hydrogens (primary N) is 1. The van der Waals surface area contributed by atoms with Crippen molar-refractivity contribution in [1.29, 1.82) is 0 Å². The summed E-state index contributed by atoms with van der Waals surface area (Å²) in [5, 5.41) is 1.96. The average molecular weight is 494 g/mol. The van der Waals surface area contributed by atoms with Crippen molar-refractivity contribution in [3.8, 4) is 16.9 Å². The van der Waals surface area contributed by atoms with Gasteiger partial charge in [-0.15, -0.1) is 11.3 Å². The monoisotopic (exact) mass is 493 g/mol. The Balaban J connectivity index is 1.19. The lowest BCUT2D eigenvalue weighted by atomic mass is 9.92. The molecular weight excluding hydrogens is 470 g/mol. The number of likely N-dealkylation sites (tertiary alicyclic amines) is 1. The molecule has 5 aromatic rings. The second kappa shape index (κ2) is 7.93. The van der Waals surface area contributed by atoms with Crippen LogP contribution in [0.5, 0.6) is 0 Å². The van der Waals surface area contributed by atoms with Gasteiger partial charge in [0.05, 0.1) is 11.4 Å². The summed E-state index contributed by atoms with van der Waals surface area (Å²) in [5.74, 6) is 0.442. The van der Waals surface area contributed by atoms with Crippen molar-refractivity contribution in [3.05, 3.63) is 101 Å². The summed E-state index contributed by atoms with van der Waals surface area (Å²) < 4.78 is 3.96. The second-order valence-corrected chi connectivity index (χ2v) is 10.4. The summed E-state index contributed by atoms with van der Waals surface area (Å²) in [6, 6.07) is 17.5. The molecule has 0 radical (unpaired) electrons. The van der Waals surface area contributed by atoms with E-state index in [1.54, 1.807) is 0 Å². The van der Waals surface area contributed by atoms with Gasteiger partial charge in [-0.3, -0.25) is 9.59 Å². The molecule has 178 valence electrons. The molecule has 5 heterocycles. The van der Waals surface area contributed by atoms with Crippen molar-refractivity contribution >= 4 is 28.8 Å². The molecule has 2 aliphatic rings. The van der Waals surface area contributed by atoms with Crippen LogP contribution < -0.4 is 5.73 Å². The van der Waals surface area contributed by atoms with E-state index < -0.39 is 5.91 Å². The van der Waals surface area contributed by atoms with Gasteiger partial charge in [-0.05, 0) is 65.1 Å². The van der Waals surface area contributed by atoms with Gasteiger partial charge in [0.1, 0.15) is 10.5 Å². The molecule has 4 aromatic heterocycles. The largest absolute Gasteiger partial charge is 0.366 e. The van der Waals surface area contributed by atoms with Crippen LogP contribution in [0.1, 0.15) is 31.5 Å². The normalized spacial score (nSPS) is 20.6. The summed E-state index contributed by atoms with van der Waals surface area (Å²) in [6.07, 6.45) is 7.87. The van der Waals surface area contributed by atoms with E-state index >= 15 is 0 Å². The van der Waals surface area contributed by atoms with E-state index in [-0.39, 0.29) is 11.8 Å². The number of fused-ring (bicyclic) bond motifs is 2. The molecule has 1 aromatic carbocycles. The molecule has 0 bridgehead atoms. The van der Waals surface area contributed by atoms with Gasteiger partial charge < -0.3 is 19.6 Å². The number of thiophene rings is 1. The smallest absolute Gasteiger partial charge is 0.266 e. The molecule has 1 aliphatic carbocycles. The molecule has 1 unspecified atom stereocenters. The fraction of sp³-hybridized carbons (Fsp3) is 0.179. The zero-order valence-electron chi connectivity index (χ0n) is 19.3. The Hall–Kier alpha value is -4.17. The van der Waals surface area contributed by atoms with Crippen LogP contribution in [0.3, 0.4) is 0 Å². The number of carbonyl (C=O) groups excluding carboxylic acids is 2. The molecule has 1 aliphatic heterocycles. The van der Waals surface area contributed by atoms with Crippen LogP contribution >= 0.6 is 11.3 Å². The first-order valence-electron chi connectivity index (χ1n) is 12.0. The minimum atomic E-state index is -0.427. The molecule has 2 N–H and O–H groups in total. The molecule has 0 spiro atoms. The van der Waals surface area contributed by atoms with Crippen LogP contribution in [-0.2, 0) is 0 Å². The van der Waals surface area contributed by atoms with Gasteiger partial charge in [0.15, 0.2) is 0 Å². The highest BCUT2D eigenvalue weighted by Crippen LogP contribution is 2.60. The molecule has 2 amide bonds. The molecule has 1 saturated heterocycles. The van der Waals surface area contributed by atoms with Crippen LogP contribution in [0.4, 0.5) is 0 Å². The number of carbonyl (C=O) groups is 2. The molecular formula is C28H23N5O2S. The Bertz CT molecular complexity index is 1590. The van der Waals surface area contributed by atoms with Crippen molar-refractivity contribution in [1.82, 2.24) is 18.9 Å². The first-order valence-corrected chi connectivity index (χ1v) is 12.8. The van der Waals surface area contributed by atoms with Crippen LogP contribution in [0.2, 0.25) is 0 Å². The third-order valence-electron chi connectivity index (χ3n) is 7.55. The third kappa shape index (κ3) is 3.21. The molecule has 7 rings (SSSR count). The fourth-order valence-electron chi connectivity index (χ4n) is 5.85. The van der Waals surface area contributed by atoms with E-state index in [9.17, 15) is 9.59 Å². The lowest BCUT2D eigenvalue weighted by Gasteiger charge is -2.22. The van der Waals surface area contributed by atoms with E-state index in [2.05, 4.69) is 0 Å². The number of aromatic nitrogens is 3. The topological polar surface area (TPSA) is 85.6 Å². The van der Waals surface area contributed by atoms with E-state index in [1.807, 2.05) is 98.6 Å². The Morgan fingerprint density at radius 2 is 1.72 bits per heavy atom. The summed E-state index contributed by atoms with van der Waals surface area (Å²) in [4.78, 5) is 33.4. The SMILES string of the molecule is NC(=O)c1cccc(-c2cn3ccccc3n2)c1C1[C@H]2CN(C(=O)c3sccc3-n3cccc3)C[C@@H]12. The Morgan fingerprint density at radius 1 is 0.944 bits per heavy atom. The number of piperidine rings is 1. The maximum absolute atomic E-state index is 13.4. The van der Waals surface area contributed by atoms with Crippen molar-refractivity contribution in [2.45, 2.75) is 5.92 Å². The molecule has 8 heteroatoms. The van der Waals surface area contributed by atoms with Crippen LogP contribution in [-0.4, -0.2) is 43.8 Å². The molecule has 2 fully saturated rings. The predicted octanol–water partition coefficient (Wildman–Crippen LogP) is 4.44. The molecule has 1 saturated carbocycles. The van der Waals surface area contributed by atoms with Gasteiger partial charge in [0.2, 0.25) is 5.91 Å². The van der Waals surface area contributed by atoms with E-state index in [0.29, 0.717) is 30.5 Å². The number of benzene rings is 1. The van der Waals surface area contributed by atoms with Crippen LogP contribution in [0.15, 0.2) is 84.8 Å². The summed E-state index contributed by atoms with van der Waals surface area (Å²) in [5.41, 5.74) is 10.9. The minimum Gasteiger partial charge on any atom is -0.366 e. The number of pyridine rings is 1. The highest BCUT2D eigenvalue weighted by molar-refractivity contribution is 7.12. The van der Waals surface area contributed by atoms with Gasteiger partial charge in [0.25, 0.3) is 5.91 Å². The van der Waals surface area contributed by atoms with Crippen molar-refractivity contribution < 1.29 is 9.59 Å². The van der Waals surface area contributed by atoms with Gasteiger partial charge in [-0.1, -0.05) is 18.2 Å². The molecule has 36 heavy (non-hydrogen) atoms. The first-order chi connectivity index (χ1) is 17.6. The minimum absolute atomic E-state index is 0.0726. The lowest BCUT2D eigenvalue weighted by Crippen LogP contribution is -2.31. The standard InChI is InChI=1S/C28H23N5O2S/c29-27(34)18-7-5-6-17(21-16-32-12-2-1-8-23(32)30-21)24(18)25-19-14-33(15-20(19)25)28(35)26-22(9-13-36-26)31-10-3-4-11-31/h1-13,16,19-20,25H,14-15H2,(H2,29,34)/t19-,20+,25?. The quantitative estimate of drug-likeness (QED) is 0.393. The predicted molar refractivity (Wildman–Crippen MR) is 138 cm³/mol. The number of rotatable bonds is 5. The summed E-state index contributed by atoms with van der Waals surface area (Å²) in [6.45, 7) is 1.35. The zero-order valence-corrected chi connectivity index (χ0v) is 20.1. The Morgan fingerprint density at radius 3 is 2.47 bits per heavy atom. The number of nitrogens with zero attached hydrogens (tertiary/aromatic N) is 4. The highest BCUT2D eigenvalue weighted by Gasteiger charge is 2.58. The number of imidazole rings is 1. The number of hydrogen-bond acceptors (Lipinski definition) is 4. The first kappa shape index (κ1) is 21.1. The molecule has 3 atom stereocenters. The van der Waals surface area contributed by atoms with E-state index in [1.165, 1.54) is 11.3 Å². The van der Waals surface area contributed by atoms with Crippen molar-refractivity contribution in [3.63, 3.8) is 0 Å². The Kier molecular flexibility index (Phi) is 4.65. The average Bonchev–Trinajstić information content (AvgIpc) is 3.52. The number of primary amides is 1. The van der Waals surface area contributed by atoms with E-state index in [0.717, 1.165) is 33.0 Å². The Labute approximate surface area is 211 Å². The lowest BCUT2D eigenvalue weighted by molar-refractivity contribution is 0.0777. The highest BCUT2D eigenvalue weighted by atomic mass is 32.1. The van der Waals surface area contributed by atoms with Gasteiger partial charge in [-0.25, -0.2) is 4.98 Å². The number of amides is 2. The van der Waals surface area contributed by atoms with Gasteiger partial charge in [-0.2, -0.15) is 0 Å². The summed E-state index contributed by atoms with van der Waals surface area (Å²) >= 11 is 1.48. The van der Waals surface area contributed by atoms with Gasteiger partial charge >= 0.3 is 0 Å². The second-order valence-electron chi connectivity index (χ2n) is 9.51. The van der Waals surface area contributed by atoms with E-state index in [4.69, 9.17) is 10.7 Å².